The van der Waals surface area contributed by atoms with Crippen LogP contribution < -0.4 is 5.32 Å². The minimum Gasteiger partial charge on any atom is -0.351 e. The molecule has 1 aromatic heterocycles. The number of amides is 2. The van der Waals surface area contributed by atoms with Crippen molar-refractivity contribution >= 4 is 11.8 Å². The first kappa shape index (κ1) is 16.5. The molecule has 0 aliphatic carbocycles. The minimum absolute atomic E-state index is 0.0292. The predicted octanol–water partition coefficient (Wildman–Crippen LogP) is 1.63. The van der Waals surface area contributed by atoms with Gasteiger partial charge in [-0.05, 0) is 24.5 Å². The fourth-order valence-electron chi connectivity index (χ4n) is 3.06. The zero-order valence-electron chi connectivity index (χ0n) is 13.6. The van der Waals surface area contributed by atoms with E-state index < -0.39 is 0 Å². The van der Waals surface area contributed by atoms with Crippen molar-refractivity contribution in [1.29, 1.82) is 0 Å². The second-order valence-corrected chi connectivity index (χ2v) is 6.33. The Morgan fingerprint density at radius 1 is 1.36 bits per heavy atom. The molecule has 1 aliphatic heterocycles. The standard InChI is InChI=1S/C17H25N3O2/c1-12(2)15-10-20(11-16(15)19-13(3)21)17(22)8-7-14-6-4-5-9-18-14/h4-6,9,12,15-16H,7-8,10-11H2,1-3H3,(H,19,21)/t15-,16+/m0/s1. The SMILES string of the molecule is CC(=O)N[C@@H]1CN(C(=O)CCc2ccccn2)C[C@H]1C(C)C. The monoisotopic (exact) mass is 303 g/mol. The van der Waals surface area contributed by atoms with E-state index in [2.05, 4.69) is 24.1 Å². The summed E-state index contributed by atoms with van der Waals surface area (Å²) >= 11 is 0. The summed E-state index contributed by atoms with van der Waals surface area (Å²) in [4.78, 5) is 29.9. The van der Waals surface area contributed by atoms with Crippen molar-refractivity contribution in [2.75, 3.05) is 13.1 Å². The van der Waals surface area contributed by atoms with Crippen molar-refractivity contribution in [3.8, 4) is 0 Å². The van der Waals surface area contributed by atoms with Gasteiger partial charge >= 0.3 is 0 Å². The molecule has 120 valence electrons. The Kier molecular flexibility index (Phi) is 5.52. The quantitative estimate of drug-likeness (QED) is 0.899. The molecule has 5 heteroatoms. The second kappa shape index (κ2) is 7.38. The van der Waals surface area contributed by atoms with E-state index in [1.165, 1.54) is 6.92 Å². The summed E-state index contributed by atoms with van der Waals surface area (Å²) in [6, 6.07) is 5.81. The van der Waals surface area contributed by atoms with Gasteiger partial charge in [-0.15, -0.1) is 0 Å². The highest BCUT2D eigenvalue weighted by atomic mass is 16.2. The average Bonchev–Trinajstić information content (AvgIpc) is 2.89. The van der Waals surface area contributed by atoms with Crippen LogP contribution in [0, 0.1) is 11.8 Å². The molecule has 0 aromatic carbocycles. The van der Waals surface area contributed by atoms with Crippen molar-refractivity contribution in [3.05, 3.63) is 30.1 Å². The van der Waals surface area contributed by atoms with Gasteiger partial charge in [0.1, 0.15) is 0 Å². The largest absolute Gasteiger partial charge is 0.351 e. The lowest BCUT2D eigenvalue weighted by Crippen LogP contribution is -2.41. The topological polar surface area (TPSA) is 62.3 Å². The third-order valence-electron chi connectivity index (χ3n) is 4.28. The van der Waals surface area contributed by atoms with Crippen LogP contribution in [0.25, 0.3) is 0 Å². The normalized spacial score (nSPS) is 21.2. The summed E-state index contributed by atoms with van der Waals surface area (Å²) < 4.78 is 0. The molecule has 0 bridgehead atoms. The molecule has 1 fully saturated rings. The number of likely N-dealkylation sites (tertiary alicyclic amines) is 1. The smallest absolute Gasteiger partial charge is 0.223 e. The van der Waals surface area contributed by atoms with Gasteiger partial charge < -0.3 is 10.2 Å². The van der Waals surface area contributed by atoms with Gasteiger partial charge in [0.2, 0.25) is 11.8 Å². The Morgan fingerprint density at radius 2 is 2.14 bits per heavy atom. The molecule has 2 heterocycles. The third kappa shape index (κ3) is 4.29. The van der Waals surface area contributed by atoms with E-state index >= 15 is 0 Å². The molecule has 5 nitrogen and oxygen atoms in total. The van der Waals surface area contributed by atoms with Crippen LogP contribution in [0.1, 0.15) is 32.9 Å². The zero-order valence-corrected chi connectivity index (χ0v) is 13.6. The zero-order chi connectivity index (χ0) is 16.1. The minimum atomic E-state index is -0.0292. The third-order valence-corrected chi connectivity index (χ3v) is 4.28. The maximum absolute atomic E-state index is 12.4. The van der Waals surface area contributed by atoms with Gasteiger partial charge in [0.05, 0.1) is 6.04 Å². The van der Waals surface area contributed by atoms with Crippen LogP contribution in [0.15, 0.2) is 24.4 Å². The summed E-state index contributed by atoms with van der Waals surface area (Å²) in [6.07, 6.45) is 2.87. The molecule has 0 saturated carbocycles. The fraction of sp³-hybridized carbons (Fsp3) is 0.588. The molecule has 2 rings (SSSR count). The summed E-state index contributed by atoms with van der Waals surface area (Å²) in [5, 5.41) is 2.99. The van der Waals surface area contributed by atoms with E-state index in [-0.39, 0.29) is 17.9 Å². The van der Waals surface area contributed by atoms with Crippen molar-refractivity contribution < 1.29 is 9.59 Å². The van der Waals surface area contributed by atoms with E-state index in [0.717, 1.165) is 12.2 Å². The lowest BCUT2D eigenvalue weighted by molar-refractivity contribution is -0.130. The highest BCUT2D eigenvalue weighted by Crippen LogP contribution is 2.25. The lowest BCUT2D eigenvalue weighted by atomic mass is 9.91. The fourth-order valence-corrected chi connectivity index (χ4v) is 3.06. The molecule has 0 radical (unpaired) electrons. The van der Waals surface area contributed by atoms with E-state index in [1.54, 1.807) is 6.20 Å². The van der Waals surface area contributed by atoms with Crippen LogP contribution >= 0.6 is 0 Å². The van der Waals surface area contributed by atoms with Crippen molar-refractivity contribution in [2.45, 2.75) is 39.7 Å². The van der Waals surface area contributed by atoms with Crippen LogP contribution in [0.2, 0.25) is 0 Å². The number of nitrogens with one attached hydrogen (secondary N) is 1. The van der Waals surface area contributed by atoms with Gasteiger partial charge in [-0.2, -0.15) is 0 Å². The van der Waals surface area contributed by atoms with Gasteiger partial charge in [0.25, 0.3) is 0 Å². The molecule has 22 heavy (non-hydrogen) atoms. The van der Waals surface area contributed by atoms with Gasteiger partial charge in [-0.1, -0.05) is 19.9 Å². The Morgan fingerprint density at radius 3 is 2.73 bits per heavy atom. The number of aromatic nitrogens is 1. The van der Waals surface area contributed by atoms with E-state index in [0.29, 0.717) is 31.2 Å². The average molecular weight is 303 g/mol. The van der Waals surface area contributed by atoms with Gasteiger partial charge in [-0.25, -0.2) is 0 Å². The molecular weight excluding hydrogens is 278 g/mol. The number of aryl methyl sites for hydroxylation is 1. The summed E-state index contributed by atoms with van der Waals surface area (Å²) in [6.45, 7) is 7.15. The summed E-state index contributed by atoms with van der Waals surface area (Å²) in [5.74, 6) is 0.871. The Bertz CT molecular complexity index is 516. The Hall–Kier alpha value is -1.91. The van der Waals surface area contributed by atoms with Crippen LogP contribution in [-0.2, 0) is 16.0 Å². The highest BCUT2D eigenvalue weighted by Gasteiger charge is 2.36. The first-order valence-corrected chi connectivity index (χ1v) is 7.92. The van der Waals surface area contributed by atoms with E-state index in [9.17, 15) is 9.59 Å². The highest BCUT2D eigenvalue weighted by molar-refractivity contribution is 5.77. The second-order valence-electron chi connectivity index (χ2n) is 6.33. The molecule has 2 atom stereocenters. The molecular formula is C17H25N3O2. The summed E-state index contributed by atoms with van der Waals surface area (Å²) in [7, 11) is 0. The molecule has 1 aliphatic rings. The number of carbonyl (C=O) groups is 2. The predicted molar refractivity (Wildman–Crippen MR) is 85.1 cm³/mol. The van der Waals surface area contributed by atoms with Gasteiger partial charge in [0.15, 0.2) is 0 Å². The number of hydrogen-bond acceptors (Lipinski definition) is 3. The number of rotatable bonds is 5. The van der Waals surface area contributed by atoms with Crippen molar-refractivity contribution in [2.24, 2.45) is 11.8 Å². The van der Waals surface area contributed by atoms with Crippen molar-refractivity contribution in [3.63, 3.8) is 0 Å². The number of carbonyl (C=O) groups excluding carboxylic acids is 2. The van der Waals surface area contributed by atoms with E-state index in [4.69, 9.17) is 0 Å². The first-order valence-electron chi connectivity index (χ1n) is 7.92. The number of hydrogen-bond donors (Lipinski definition) is 1. The molecule has 1 aromatic rings. The molecule has 0 unspecified atom stereocenters. The van der Waals surface area contributed by atoms with Crippen LogP contribution in [-0.4, -0.2) is 40.8 Å². The maximum Gasteiger partial charge on any atom is 0.223 e. The molecule has 1 saturated heterocycles. The van der Waals surface area contributed by atoms with Crippen LogP contribution in [0.3, 0.4) is 0 Å². The van der Waals surface area contributed by atoms with Gasteiger partial charge in [-0.3, -0.25) is 14.6 Å². The molecule has 0 spiro atoms. The van der Waals surface area contributed by atoms with Crippen LogP contribution in [0.4, 0.5) is 0 Å². The Balaban J connectivity index is 1.91. The molecule has 2 amide bonds. The van der Waals surface area contributed by atoms with Crippen molar-refractivity contribution in [1.82, 2.24) is 15.2 Å². The summed E-state index contributed by atoms with van der Waals surface area (Å²) in [5.41, 5.74) is 0.939. The van der Waals surface area contributed by atoms with E-state index in [1.807, 2.05) is 23.1 Å². The number of nitrogens with zero attached hydrogens (tertiary/aromatic N) is 2. The van der Waals surface area contributed by atoms with Gasteiger partial charge in [0, 0.05) is 44.2 Å². The number of pyridine rings is 1. The maximum atomic E-state index is 12.4. The molecule has 1 N–H and O–H groups in total. The van der Waals surface area contributed by atoms with Crippen LogP contribution in [0.5, 0.6) is 0 Å². The first-order chi connectivity index (χ1) is 10.5. The lowest BCUT2D eigenvalue weighted by Gasteiger charge is -2.21. The Labute approximate surface area is 132 Å².